The van der Waals surface area contributed by atoms with E-state index in [2.05, 4.69) is 39.5 Å². The Kier molecular flexibility index (Phi) is 3.16. The summed E-state index contributed by atoms with van der Waals surface area (Å²) in [5.41, 5.74) is 3.91. The van der Waals surface area contributed by atoms with Crippen LogP contribution in [0.4, 0.5) is 0 Å². The summed E-state index contributed by atoms with van der Waals surface area (Å²) in [6, 6.07) is 0. The van der Waals surface area contributed by atoms with Gasteiger partial charge in [-0.1, -0.05) is 44.1 Å². The van der Waals surface area contributed by atoms with Crippen molar-refractivity contribution >= 4 is 5.78 Å². The van der Waals surface area contributed by atoms with Crippen LogP contribution in [0.2, 0.25) is 0 Å². The maximum atomic E-state index is 11.9. The molecule has 1 heteroatoms. The summed E-state index contributed by atoms with van der Waals surface area (Å²) in [4.78, 5) is 11.9. The molecule has 2 fully saturated rings. The Morgan fingerprint density at radius 3 is 2.70 bits per heavy atom. The van der Waals surface area contributed by atoms with Crippen molar-refractivity contribution in [2.24, 2.45) is 28.1 Å². The first-order valence-electron chi connectivity index (χ1n) is 9.42. The molecule has 1 nitrogen and oxygen atoms in total. The van der Waals surface area contributed by atoms with Crippen molar-refractivity contribution < 1.29 is 4.79 Å². The first-order valence-corrected chi connectivity index (χ1v) is 9.42. The van der Waals surface area contributed by atoms with Crippen molar-refractivity contribution in [3.63, 3.8) is 0 Å². The molecule has 4 aliphatic carbocycles. The highest BCUT2D eigenvalue weighted by Gasteiger charge is 2.59. The zero-order valence-corrected chi connectivity index (χ0v) is 15.0. The molecule has 4 rings (SSSR count). The predicted octanol–water partition coefficient (Wildman–Crippen LogP) is 5.63. The number of carbonyl (C=O) groups excluding carboxylic acids is 1. The molecule has 5 atom stereocenters. The zero-order valence-electron chi connectivity index (χ0n) is 15.0. The molecule has 0 heterocycles. The van der Waals surface area contributed by atoms with Gasteiger partial charge in [-0.2, -0.15) is 0 Å². The molecule has 4 aliphatic rings. The second kappa shape index (κ2) is 4.71. The first-order chi connectivity index (χ1) is 10.8. The number of hydrogen-bond donors (Lipinski definition) is 0. The van der Waals surface area contributed by atoms with Crippen molar-refractivity contribution in [2.75, 3.05) is 0 Å². The normalized spacial score (nSPS) is 48.7. The molecular formula is C22H30O. The van der Waals surface area contributed by atoms with E-state index in [1.165, 1.54) is 31.3 Å². The van der Waals surface area contributed by atoms with Gasteiger partial charge in [0.2, 0.25) is 0 Å². The van der Waals surface area contributed by atoms with Crippen LogP contribution >= 0.6 is 0 Å². The van der Waals surface area contributed by atoms with Gasteiger partial charge < -0.3 is 0 Å². The van der Waals surface area contributed by atoms with Gasteiger partial charge in [-0.25, -0.2) is 0 Å². The van der Waals surface area contributed by atoms with Gasteiger partial charge in [0.25, 0.3) is 0 Å². The lowest BCUT2D eigenvalue weighted by molar-refractivity contribution is -0.115. The molecule has 0 saturated heterocycles. The van der Waals surface area contributed by atoms with E-state index >= 15 is 0 Å². The topological polar surface area (TPSA) is 17.1 Å². The molecule has 23 heavy (non-hydrogen) atoms. The van der Waals surface area contributed by atoms with Crippen molar-refractivity contribution in [2.45, 2.75) is 65.7 Å². The lowest BCUT2D eigenvalue weighted by atomic mass is 9.49. The third-order valence-electron chi connectivity index (χ3n) is 8.46. The smallest absolute Gasteiger partial charge is 0.155 e. The summed E-state index contributed by atoms with van der Waals surface area (Å²) in [5, 5.41) is 0. The Morgan fingerprint density at radius 1 is 1.17 bits per heavy atom. The highest BCUT2D eigenvalue weighted by Crippen LogP contribution is 2.68. The minimum Gasteiger partial charge on any atom is -0.295 e. The van der Waals surface area contributed by atoms with E-state index in [1.54, 1.807) is 5.57 Å². The third-order valence-corrected chi connectivity index (χ3v) is 8.46. The molecular weight excluding hydrogens is 280 g/mol. The molecule has 2 saturated carbocycles. The minimum atomic E-state index is 0.172. The second-order valence-electron chi connectivity index (χ2n) is 9.16. The number of hydrogen-bond acceptors (Lipinski definition) is 1. The van der Waals surface area contributed by atoms with Crippen LogP contribution in [-0.2, 0) is 4.79 Å². The van der Waals surface area contributed by atoms with Gasteiger partial charge in [0, 0.05) is 11.8 Å². The Labute approximate surface area is 140 Å². The van der Waals surface area contributed by atoms with Crippen LogP contribution in [0.5, 0.6) is 0 Å². The van der Waals surface area contributed by atoms with Crippen LogP contribution in [0, 0.1) is 28.1 Å². The SMILES string of the molecule is C=C[C@@]1(C)CC[C@H]2C3CCC4=CC(=O)CC[C@]4(C)C3=CC[C@@]21C. The van der Waals surface area contributed by atoms with E-state index in [9.17, 15) is 4.79 Å². The van der Waals surface area contributed by atoms with Gasteiger partial charge >= 0.3 is 0 Å². The van der Waals surface area contributed by atoms with Crippen LogP contribution in [0.1, 0.15) is 65.7 Å². The van der Waals surface area contributed by atoms with E-state index in [1.807, 2.05) is 6.08 Å². The monoisotopic (exact) mass is 310 g/mol. The summed E-state index contributed by atoms with van der Waals surface area (Å²) >= 11 is 0. The van der Waals surface area contributed by atoms with Crippen molar-refractivity contribution in [1.82, 2.24) is 0 Å². The predicted molar refractivity (Wildman–Crippen MR) is 95.0 cm³/mol. The summed E-state index contributed by atoms with van der Waals surface area (Å²) in [5.74, 6) is 1.87. The average molecular weight is 310 g/mol. The maximum Gasteiger partial charge on any atom is 0.155 e. The molecule has 0 N–H and O–H groups in total. The summed E-state index contributed by atoms with van der Waals surface area (Å²) in [7, 11) is 0. The number of rotatable bonds is 1. The molecule has 0 aromatic rings. The summed E-state index contributed by atoms with van der Waals surface area (Å²) < 4.78 is 0. The van der Waals surface area contributed by atoms with Crippen LogP contribution < -0.4 is 0 Å². The summed E-state index contributed by atoms with van der Waals surface area (Å²) in [6.45, 7) is 11.5. The number of carbonyl (C=O) groups is 1. The quantitative estimate of drug-likeness (QED) is 0.574. The fourth-order valence-corrected chi connectivity index (χ4v) is 6.48. The lowest BCUT2D eigenvalue weighted by Crippen LogP contribution is -2.46. The average Bonchev–Trinajstić information content (AvgIpc) is 2.80. The fourth-order valence-electron chi connectivity index (χ4n) is 6.48. The standard InChI is InChI=1S/C22H30O/c1-5-20(2)11-9-19-17-7-6-15-14-16(23)8-12-21(15,3)18(17)10-13-22(19,20)4/h5,10,14,17,19H,1,6-9,11-13H2,2-4H3/t17?,19-,20-,21-,22-/m0/s1. The van der Waals surface area contributed by atoms with E-state index in [4.69, 9.17) is 0 Å². The molecule has 124 valence electrons. The Balaban J connectivity index is 1.77. The van der Waals surface area contributed by atoms with Crippen LogP contribution in [0.25, 0.3) is 0 Å². The molecule has 0 aromatic heterocycles. The van der Waals surface area contributed by atoms with Gasteiger partial charge in [-0.15, -0.1) is 6.58 Å². The van der Waals surface area contributed by atoms with Crippen molar-refractivity contribution in [3.05, 3.63) is 36.0 Å². The molecule has 0 bridgehead atoms. The second-order valence-corrected chi connectivity index (χ2v) is 9.16. The van der Waals surface area contributed by atoms with Crippen LogP contribution in [-0.4, -0.2) is 5.78 Å². The molecule has 0 spiro atoms. The Bertz CT molecular complexity index is 638. The molecule has 0 radical (unpaired) electrons. The molecule has 0 amide bonds. The molecule has 1 unspecified atom stereocenters. The Hall–Kier alpha value is -1.11. The van der Waals surface area contributed by atoms with Crippen molar-refractivity contribution in [1.29, 1.82) is 0 Å². The van der Waals surface area contributed by atoms with Gasteiger partial charge in [-0.05, 0) is 67.3 Å². The minimum absolute atomic E-state index is 0.172. The number of fused-ring (bicyclic) bond motifs is 5. The van der Waals surface area contributed by atoms with E-state index < -0.39 is 0 Å². The largest absolute Gasteiger partial charge is 0.295 e. The van der Waals surface area contributed by atoms with Gasteiger partial charge in [-0.3, -0.25) is 4.79 Å². The molecule has 0 aromatic carbocycles. The van der Waals surface area contributed by atoms with Gasteiger partial charge in [0.15, 0.2) is 5.78 Å². The fraction of sp³-hybridized carbons (Fsp3) is 0.682. The van der Waals surface area contributed by atoms with Crippen LogP contribution in [0.15, 0.2) is 36.0 Å². The highest BCUT2D eigenvalue weighted by atomic mass is 16.1. The lowest BCUT2D eigenvalue weighted by Gasteiger charge is -2.55. The molecule has 0 aliphatic heterocycles. The van der Waals surface area contributed by atoms with Crippen molar-refractivity contribution in [3.8, 4) is 0 Å². The van der Waals surface area contributed by atoms with Gasteiger partial charge in [0.1, 0.15) is 0 Å². The van der Waals surface area contributed by atoms with Gasteiger partial charge in [0.05, 0.1) is 0 Å². The third kappa shape index (κ3) is 1.83. The van der Waals surface area contributed by atoms with E-state index in [0.717, 1.165) is 31.1 Å². The number of allylic oxidation sites excluding steroid dienone is 5. The zero-order chi connectivity index (χ0) is 16.5. The maximum absolute atomic E-state index is 11.9. The van der Waals surface area contributed by atoms with E-state index in [-0.39, 0.29) is 10.8 Å². The first kappa shape index (κ1) is 15.4. The van der Waals surface area contributed by atoms with Crippen LogP contribution in [0.3, 0.4) is 0 Å². The van der Waals surface area contributed by atoms with E-state index in [0.29, 0.717) is 11.2 Å². The number of ketones is 1. The highest BCUT2D eigenvalue weighted by molar-refractivity contribution is 5.92. The Morgan fingerprint density at radius 2 is 1.96 bits per heavy atom. The summed E-state index contributed by atoms with van der Waals surface area (Å²) in [6.07, 6.45) is 14.7.